The molecule has 4 nitrogen and oxygen atoms in total. The van der Waals surface area contributed by atoms with E-state index in [0.29, 0.717) is 0 Å². The lowest BCUT2D eigenvalue weighted by molar-refractivity contribution is -0.137. The van der Waals surface area contributed by atoms with Crippen molar-refractivity contribution >= 4 is 17.5 Å². The lowest BCUT2D eigenvalue weighted by Crippen LogP contribution is -2.30. The van der Waals surface area contributed by atoms with Gasteiger partial charge in [0.2, 0.25) is 5.91 Å². The molecule has 2 rings (SSSR count). The summed E-state index contributed by atoms with van der Waals surface area (Å²) >= 11 is 0. The maximum atomic E-state index is 12.7. The van der Waals surface area contributed by atoms with Gasteiger partial charge in [0.05, 0.1) is 11.3 Å². The smallest absolute Gasteiger partial charge is 0.341 e. The van der Waals surface area contributed by atoms with Crippen LogP contribution in [0.25, 0.3) is 0 Å². The first-order valence-corrected chi connectivity index (χ1v) is 5.09. The average molecular weight is 258 g/mol. The lowest BCUT2D eigenvalue weighted by Gasteiger charge is -2.12. The van der Waals surface area contributed by atoms with Gasteiger partial charge in [-0.1, -0.05) is 12.1 Å². The standard InChI is InChI=1S/C11H9F3N2O2/c1-5(17)15-9-6-3-2-4-7(11(12,13)14)8(6)16-10(9)18/h2-4,9H,1H3,(H,15,17)(H,16,18)/t9-/m1/s1. The van der Waals surface area contributed by atoms with Crippen LogP contribution in [-0.2, 0) is 15.8 Å². The van der Waals surface area contributed by atoms with E-state index in [2.05, 4.69) is 10.6 Å². The van der Waals surface area contributed by atoms with E-state index in [1.54, 1.807) is 0 Å². The summed E-state index contributed by atoms with van der Waals surface area (Å²) in [6, 6.07) is 2.40. The highest BCUT2D eigenvalue weighted by molar-refractivity contribution is 6.05. The van der Waals surface area contributed by atoms with E-state index in [1.165, 1.54) is 19.1 Å². The number of hydrogen-bond donors (Lipinski definition) is 2. The first-order chi connectivity index (χ1) is 8.30. The number of benzene rings is 1. The van der Waals surface area contributed by atoms with Gasteiger partial charge >= 0.3 is 6.18 Å². The predicted octanol–water partition coefficient (Wildman–Crippen LogP) is 1.83. The van der Waals surface area contributed by atoms with E-state index in [4.69, 9.17) is 0 Å². The van der Waals surface area contributed by atoms with E-state index in [1.807, 2.05) is 0 Å². The van der Waals surface area contributed by atoms with Crippen LogP contribution < -0.4 is 10.6 Å². The van der Waals surface area contributed by atoms with Gasteiger partial charge in [0.15, 0.2) is 0 Å². The highest BCUT2D eigenvalue weighted by Crippen LogP contribution is 2.41. The largest absolute Gasteiger partial charge is 0.418 e. The third kappa shape index (κ3) is 2.03. The average Bonchev–Trinajstić information content (AvgIpc) is 2.53. The van der Waals surface area contributed by atoms with Crippen molar-refractivity contribution in [2.24, 2.45) is 0 Å². The molecule has 0 radical (unpaired) electrons. The number of nitrogens with one attached hydrogen (secondary N) is 2. The lowest BCUT2D eigenvalue weighted by atomic mass is 10.0. The van der Waals surface area contributed by atoms with E-state index >= 15 is 0 Å². The minimum atomic E-state index is -4.55. The number of carbonyl (C=O) groups excluding carboxylic acids is 2. The van der Waals surface area contributed by atoms with E-state index < -0.39 is 29.6 Å². The van der Waals surface area contributed by atoms with Crippen LogP contribution in [-0.4, -0.2) is 11.8 Å². The number of halogens is 3. The van der Waals surface area contributed by atoms with Crippen molar-refractivity contribution in [1.82, 2.24) is 5.32 Å². The van der Waals surface area contributed by atoms with Gasteiger partial charge in [0, 0.05) is 12.5 Å². The number of amides is 2. The number of carbonyl (C=O) groups is 2. The molecule has 2 amide bonds. The molecule has 0 aromatic heterocycles. The zero-order valence-electron chi connectivity index (χ0n) is 9.26. The van der Waals surface area contributed by atoms with Gasteiger partial charge in [0.25, 0.3) is 5.91 Å². The summed E-state index contributed by atoms with van der Waals surface area (Å²) in [6.07, 6.45) is -4.55. The maximum absolute atomic E-state index is 12.7. The molecule has 0 bridgehead atoms. The van der Waals surface area contributed by atoms with Crippen molar-refractivity contribution < 1.29 is 22.8 Å². The molecule has 96 valence electrons. The molecule has 2 N–H and O–H groups in total. The number of para-hydroxylation sites is 1. The summed E-state index contributed by atoms with van der Waals surface area (Å²) in [4.78, 5) is 22.5. The Morgan fingerprint density at radius 3 is 2.61 bits per heavy atom. The van der Waals surface area contributed by atoms with Crippen LogP contribution in [0.4, 0.5) is 18.9 Å². The number of hydrogen-bond acceptors (Lipinski definition) is 2. The Morgan fingerprint density at radius 1 is 1.39 bits per heavy atom. The number of anilines is 1. The van der Waals surface area contributed by atoms with Crippen molar-refractivity contribution in [2.75, 3.05) is 5.32 Å². The second kappa shape index (κ2) is 4.01. The molecule has 1 atom stereocenters. The summed E-state index contributed by atoms with van der Waals surface area (Å²) < 4.78 is 38.2. The van der Waals surface area contributed by atoms with Gasteiger partial charge in [-0.05, 0) is 6.07 Å². The van der Waals surface area contributed by atoms with Crippen molar-refractivity contribution in [1.29, 1.82) is 0 Å². The minimum absolute atomic E-state index is 0.130. The highest BCUT2D eigenvalue weighted by Gasteiger charge is 2.40. The van der Waals surface area contributed by atoms with Gasteiger partial charge in [-0.25, -0.2) is 0 Å². The Labute approximate surface area is 100 Å². The fraction of sp³-hybridized carbons (Fsp3) is 0.273. The van der Waals surface area contributed by atoms with Crippen molar-refractivity contribution in [3.63, 3.8) is 0 Å². The molecule has 0 saturated heterocycles. The molecule has 0 aliphatic carbocycles. The quantitative estimate of drug-likeness (QED) is 0.807. The first kappa shape index (κ1) is 12.4. The van der Waals surface area contributed by atoms with Crippen LogP contribution in [0.3, 0.4) is 0 Å². The molecular formula is C11H9F3N2O2. The summed E-state index contributed by atoms with van der Waals surface area (Å²) in [7, 11) is 0. The zero-order chi connectivity index (χ0) is 13.5. The summed E-state index contributed by atoms with van der Waals surface area (Å²) in [5.74, 6) is -1.16. The predicted molar refractivity (Wildman–Crippen MR) is 56.6 cm³/mol. The van der Waals surface area contributed by atoms with Gasteiger partial charge in [0.1, 0.15) is 6.04 Å². The second-order valence-corrected chi connectivity index (χ2v) is 3.89. The van der Waals surface area contributed by atoms with Crippen LogP contribution in [0, 0.1) is 0 Å². The van der Waals surface area contributed by atoms with E-state index in [-0.39, 0.29) is 11.3 Å². The Bertz CT molecular complexity index is 526. The van der Waals surface area contributed by atoms with Gasteiger partial charge in [-0.3, -0.25) is 9.59 Å². The molecule has 0 spiro atoms. The van der Waals surface area contributed by atoms with Crippen LogP contribution >= 0.6 is 0 Å². The summed E-state index contributed by atoms with van der Waals surface area (Å²) in [5, 5.41) is 4.46. The summed E-state index contributed by atoms with van der Waals surface area (Å²) in [6.45, 7) is 1.19. The monoisotopic (exact) mass is 258 g/mol. The van der Waals surface area contributed by atoms with Crippen LogP contribution in [0.5, 0.6) is 0 Å². The van der Waals surface area contributed by atoms with Crippen molar-refractivity contribution in [3.05, 3.63) is 29.3 Å². The maximum Gasteiger partial charge on any atom is 0.418 e. The Morgan fingerprint density at radius 2 is 2.06 bits per heavy atom. The van der Waals surface area contributed by atoms with Crippen LogP contribution in [0.1, 0.15) is 24.1 Å². The molecule has 0 saturated carbocycles. The minimum Gasteiger partial charge on any atom is -0.341 e. The topological polar surface area (TPSA) is 58.2 Å². The third-order valence-corrected chi connectivity index (χ3v) is 2.57. The molecule has 7 heteroatoms. The Hall–Kier alpha value is -2.05. The van der Waals surface area contributed by atoms with Gasteiger partial charge in [-0.2, -0.15) is 13.2 Å². The fourth-order valence-corrected chi connectivity index (χ4v) is 1.87. The van der Waals surface area contributed by atoms with Crippen molar-refractivity contribution in [3.8, 4) is 0 Å². The Balaban J connectivity index is 2.49. The molecule has 1 aliphatic heterocycles. The molecule has 1 aliphatic rings. The van der Waals surface area contributed by atoms with Crippen molar-refractivity contribution in [2.45, 2.75) is 19.1 Å². The third-order valence-electron chi connectivity index (χ3n) is 2.57. The fourth-order valence-electron chi connectivity index (χ4n) is 1.87. The van der Waals surface area contributed by atoms with Gasteiger partial charge < -0.3 is 10.6 Å². The molecule has 0 fully saturated rings. The molecule has 1 aromatic rings. The van der Waals surface area contributed by atoms with E-state index in [9.17, 15) is 22.8 Å². The van der Waals surface area contributed by atoms with Crippen LogP contribution in [0.2, 0.25) is 0 Å². The number of fused-ring (bicyclic) bond motifs is 1. The molecule has 18 heavy (non-hydrogen) atoms. The Kier molecular flexibility index (Phi) is 2.76. The molecular weight excluding hydrogens is 249 g/mol. The van der Waals surface area contributed by atoms with Crippen LogP contribution in [0.15, 0.2) is 18.2 Å². The normalized spacial score (nSPS) is 18.2. The molecule has 0 unspecified atom stereocenters. The SMILES string of the molecule is CC(=O)N[C@H]1C(=O)Nc2c1cccc2C(F)(F)F. The molecule has 1 aromatic carbocycles. The first-order valence-electron chi connectivity index (χ1n) is 5.09. The molecule has 1 heterocycles. The number of rotatable bonds is 1. The highest BCUT2D eigenvalue weighted by atomic mass is 19.4. The van der Waals surface area contributed by atoms with Gasteiger partial charge in [-0.15, -0.1) is 0 Å². The second-order valence-electron chi connectivity index (χ2n) is 3.89. The zero-order valence-corrected chi connectivity index (χ0v) is 9.26. The summed E-state index contributed by atoms with van der Waals surface area (Å²) in [5.41, 5.74) is -1.07. The van der Waals surface area contributed by atoms with E-state index in [0.717, 1.165) is 6.07 Å². The number of alkyl halides is 3.